The number of esters is 1. The average molecular weight is 311 g/mol. The molecule has 0 fully saturated rings. The number of hydrogen-bond donors (Lipinski definition) is 0. The van der Waals surface area contributed by atoms with Crippen molar-refractivity contribution in [3.8, 4) is 0 Å². The average Bonchev–Trinajstić information content (AvgIpc) is 2.61. The first-order valence-corrected chi connectivity index (χ1v) is 7.23. The van der Waals surface area contributed by atoms with Gasteiger partial charge in [-0.15, -0.1) is 0 Å². The molecule has 23 heavy (non-hydrogen) atoms. The van der Waals surface area contributed by atoms with Crippen LogP contribution in [0.3, 0.4) is 0 Å². The number of aldehydes is 1. The largest absolute Gasteiger partial charge is 0.452 e. The molecular weight excluding hydrogens is 294 g/mol. The monoisotopic (exact) mass is 311 g/mol. The molecule has 0 aliphatic heterocycles. The van der Waals surface area contributed by atoms with Gasteiger partial charge in [0.25, 0.3) is 5.91 Å². The molecule has 0 aromatic heterocycles. The summed E-state index contributed by atoms with van der Waals surface area (Å²) in [5.41, 5.74) is 1.52. The van der Waals surface area contributed by atoms with E-state index in [-0.39, 0.29) is 12.5 Å². The molecule has 2 aromatic rings. The smallest absolute Gasteiger partial charge is 0.338 e. The van der Waals surface area contributed by atoms with Gasteiger partial charge in [0, 0.05) is 17.8 Å². The van der Waals surface area contributed by atoms with E-state index in [2.05, 4.69) is 0 Å². The van der Waals surface area contributed by atoms with E-state index in [1.54, 1.807) is 4.90 Å². The molecule has 0 atom stereocenters. The van der Waals surface area contributed by atoms with Crippen molar-refractivity contribution in [3.05, 3.63) is 65.7 Å². The van der Waals surface area contributed by atoms with Gasteiger partial charge in [0.2, 0.25) is 0 Å². The lowest BCUT2D eigenvalue weighted by Crippen LogP contribution is -2.34. The van der Waals surface area contributed by atoms with Crippen molar-refractivity contribution < 1.29 is 19.1 Å². The van der Waals surface area contributed by atoms with Crippen molar-refractivity contribution >= 4 is 23.9 Å². The highest BCUT2D eigenvalue weighted by Gasteiger charge is 2.16. The summed E-state index contributed by atoms with van der Waals surface area (Å²) in [6, 6.07) is 15.2. The van der Waals surface area contributed by atoms with E-state index in [1.165, 1.54) is 24.3 Å². The third-order valence-electron chi connectivity index (χ3n) is 3.29. The standard InChI is InChI=1S/C18H17NO4/c1-2-19(16-6-4-3-5-7-16)17(21)13-23-18(22)15-10-8-14(12-20)9-11-15/h3-12H,2,13H2,1H3. The van der Waals surface area contributed by atoms with Crippen LogP contribution in [0.15, 0.2) is 54.6 Å². The van der Waals surface area contributed by atoms with Gasteiger partial charge in [0.05, 0.1) is 5.56 Å². The van der Waals surface area contributed by atoms with E-state index < -0.39 is 5.97 Å². The number of ether oxygens (including phenoxy) is 1. The summed E-state index contributed by atoms with van der Waals surface area (Å²) >= 11 is 0. The predicted molar refractivity (Wildman–Crippen MR) is 86.6 cm³/mol. The lowest BCUT2D eigenvalue weighted by Gasteiger charge is -2.20. The molecule has 5 heteroatoms. The first-order chi connectivity index (χ1) is 11.2. The molecule has 0 bridgehead atoms. The quantitative estimate of drug-likeness (QED) is 0.608. The molecule has 0 heterocycles. The highest BCUT2D eigenvalue weighted by Crippen LogP contribution is 2.13. The van der Waals surface area contributed by atoms with Crippen LogP contribution in [0, 0.1) is 0 Å². The molecule has 118 valence electrons. The van der Waals surface area contributed by atoms with Gasteiger partial charge in [0.1, 0.15) is 6.29 Å². The summed E-state index contributed by atoms with van der Waals surface area (Å²) in [6.07, 6.45) is 0.692. The van der Waals surface area contributed by atoms with Crippen LogP contribution in [0.25, 0.3) is 0 Å². The summed E-state index contributed by atoms with van der Waals surface area (Å²) in [6.45, 7) is 2.00. The highest BCUT2D eigenvalue weighted by molar-refractivity contribution is 5.97. The van der Waals surface area contributed by atoms with Crippen LogP contribution in [0.5, 0.6) is 0 Å². The van der Waals surface area contributed by atoms with Gasteiger partial charge in [-0.25, -0.2) is 4.79 Å². The first-order valence-electron chi connectivity index (χ1n) is 7.23. The maximum Gasteiger partial charge on any atom is 0.338 e. The zero-order valence-electron chi connectivity index (χ0n) is 12.8. The van der Waals surface area contributed by atoms with Crippen LogP contribution in [-0.4, -0.2) is 31.3 Å². The molecule has 0 unspecified atom stereocenters. The van der Waals surface area contributed by atoms with Crippen LogP contribution in [-0.2, 0) is 9.53 Å². The number of likely N-dealkylation sites (N-methyl/N-ethyl adjacent to an activating group) is 1. The van der Waals surface area contributed by atoms with Crippen LogP contribution < -0.4 is 4.90 Å². The number of nitrogens with zero attached hydrogens (tertiary/aromatic N) is 1. The number of carbonyl (C=O) groups excluding carboxylic acids is 3. The maximum absolute atomic E-state index is 12.2. The fraction of sp³-hybridized carbons (Fsp3) is 0.167. The highest BCUT2D eigenvalue weighted by atomic mass is 16.5. The fourth-order valence-electron chi connectivity index (χ4n) is 2.10. The SMILES string of the molecule is CCN(C(=O)COC(=O)c1ccc(C=O)cc1)c1ccccc1. The molecule has 1 amide bonds. The van der Waals surface area contributed by atoms with E-state index in [0.29, 0.717) is 24.0 Å². The summed E-state index contributed by atoms with van der Waals surface area (Å²) < 4.78 is 5.05. The van der Waals surface area contributed by atoms with Crippen LogP contribution in [0.1, 0.15) is 27.6 Å². The minimum absolute atomic E-state index is 0.295. The minimum Gasteiger partial charge on any atom is -0.452 e. The zero-order valence-corrected chi connectivity index (χ0v) is 12.8. The number of hydrogen-bond acceptors (Lipinski definition) is 4. The number of rotatable bonds is 6. The molecule has 2 aromatic carbocycles. The second-order valence-corrected chi connectivity index (χ2v) is 4.79. The molecular formula is C18H17NO4. The summed E-state index contributed by atoms with van der Waals surface area (Å²) in [7, 11) is 0. The molecule has 2 rings (SSSR count). The maximum atomic E-state index is 12.2. The Balaban J connectivity index is 1.97. The molecule has 0 spiro atoms. The Morgan fingerprint density at radius 1 is 1.04 bits per heavy atom. The lowest BCUT2D eigenvalue weighted by molar-refractivity contribution is -0.121. The second kappa shape index (κ2) is 7.89. The Hall–Kier alpha value is -2.95. The van der Waals surface area contributed by atoms with Gasteiger partial charge < -0.3 is 9.64 Å². The van der Waals surface area contributed by atoms with Gasteiger partial charge in [-0.3, -0.25) is 9.59 Å². The summed E-state index contributed by atoms with van der Waals surface area (Å²) in [4.78, 5) is 36.3. The van der Waals surface area contributed by atoms with Gasteiger partial charge >= 0.3 is 5.97 Å². The Morgan fingerprint density at radius 3 is 2.26 bits per heavy atom. The van der Waals surface area contributed by atoms with Crippen molar-refractivity contribution in [2.45, 2.75) is 6.92 Å². The van der Waals surface area contributed by atoms with E-state index >= 15 is 0 Å². The third-order valence-corrected chi connectivity index (χ3v) is 3.29. The van der Waals surface area contributed by atoms with E-state index in [9.17, 15) is 14.4 Å². The van der Waals surface area contributed by atoms with Crippen LogP contribution >= 0.6 is 0 Å². The van der Waals surface area contributed by atoms with Crippen molar-refractivity contribution in [2.75, 3.05) is 18.1 Å². The Labute approximate surface area is 134 Å². The van der Waals surface area contributed by atoms with E-state index in [1.807, 2.05) is 37.3 Å². The van der Waals surface area contributed by atoms with Gasteiger partial charge in [0.15, 0.2) is 6.61 Å². The Morgan fingerprint density at radius 2 is 1.70 bits per heavy atom. The first kappa shape index (κ1) is 16.4. The minimum atomic E-state index is -0.597. The molecule has 5 nitrogen and oxygen atoms in total. The Bertz CT molecular complexity index is 680. The van der Waals surface area contributed by atoms with Crippen LogP contribution in [0.2, 0.25) is 0 Å². The van der Waals surface area contributed by atoms with Crippen molar-refractivity contribution in [1.82, 2.24) is 0 Å². The van der Waals surface area contributed by atoms with Gasteiger partial charge in [-0.2, -0.15) is 0 Å². The normalized spacial score (nSPS) is 9.96. The van der Waals surface area contributed by atoms with Gasteiger partial charge in [-0.1, -0.05) is 30.3 Å². The van der Waals surface area contributed by atoms with Crippen molar-refractivity contribution in [2.24, 2.45) is 0 Å². The van der Waals surface area contributed by atoms with E-state index in [4.69, 9.17) is 4.74 Å². The zero-order chi connectivity index (χ0) is 16.7. The predicted octanol–water partition coefficient (Wildman–Crippen LogP) is 2.71. The third kappa shape index (κ3) is 4.26. The number of amides is 1. The number of benzene rings is 2. The van der Waals surface area contributed by atoms with Crippen molar-refractivity contribution in [1.29, 1.82) is 0 Å². The topological polar surface area (TPSA) is 63.7 Å². The molecule has 0 aliphatic carbocycles. The fourth-order valence-corrected chi connectivity index (χ4v) is 2.10. The summed E-state index contributed by atoms with van der Waals surface area (Å²) in [5.74, 6) is -0.892. The number of para-hydroxylation sites is 1. The molecule has 0 saturated heterocycles. The lowest BCUT2D eigenvalue weighted by atomic mass is 10.1. The molecule has 0 N–H and O–H groups in total. The van der Waals surface area contributed by atoms with Gasteiger partial charge in [-0.05, 0) is 31.2 Å². The molecule has 0 saturated carbocycles. The summed E-state index contributed by atoms with van der Waals surface area (Å²) in [5, 5.41) is 0. The molecule has 0 aliphatic rings. The second-order valence-electron chi connectivity index (χ2n) is 4.79. The van der Waals surface area contributed by atoms with E-state index in [0.717, 1.165) is 5.69 Å². The van der Waals surface area contributed by atoms with Crippen molar-refractivity contribution in [3.63, 3.8) is 0 Å². The molecule has 0 radical (unpaired) electrons. The number of anilines is 1. The Kier molecular flexibility index (Phi) is 5.63. The number of carbonyl (C=O) groups is 3. The van der Waals surface area contributed by atoms with Crippen LogP contribution in [0.4, 0.5) is 5.69 Å².